The Balaban J connectivity index is 1.50. The zero-order valence-electron chi connectivity index (χ0n) is 18.5. The Morgan fingerprint density at radius 3 is 2.45 bits per heavy atom. The Morgan fingerprint density at radius 1 is 1.10 bits per heavy atom. The van der Waals surface area contributed by atoms with Gasteiger partial charge in [-0.15, -0.1) is 0 Å². The molecule has 166 valence electrons. The zero-order chi connectivity index (χ0) is 22.1. The summed E-state index contributed by atoms with van der Waals surface area (Å²) < 4.78 is 20.4. The van der Waals surface area contributed by atoms with E-state index in [1.807, 2.05) is 6.07 Å². The minimum atomic E-state index is -0.323. The van der Waals surface area contributed by atoms with Gasteiger partial charge in [0, 0.05) is 6.04 Å². The van der Waals surface area contributed by atoms with Gasteiger partial charge in [0.2, 0.25) is 5.91 Å². The smallest absolute Gasteiger partial charge is 0.243 e. The maximum Gasteiger partial charge on any atom is 0.243 e. The van der Waals surface area contributed by atoms with Gasteiger partial charge < -0.3 is 10.1 Å². The molecule has 0 aromatic heterocycles. The van der Waals surface area contributed by atoms with Crippen molar-refractivity contribution in [1.82, 2.24) is 5.32 Å². The molecule has 0 heterocycles. The van der Waals surface area contributed by atoms with Gasteiger partial charge in [-0.1, -0.05) is 56.7 Å². The lowest BCUT2D eigenvalue weighted by atomic mass is 9.86. The molecule has 31 heavy (non-hydrogen) atoms. The van der Waals surface area contributed by atoms with Crippen LogP contribution in [-0.4, -0.2) is 18.6 Å². The van der Waals surface area contributed by atoms with Crippen molar-refractivity contribution in [3.8, 4) is 16.9 Å². The molecule has 3 rings (SSSR count). The van der Waals surface area contributed by atoms with E-state index >= 15 is 0 Å². The third-order valence-electron chi connectivity index (χ3n) is 6.14. The van der Waals surface area contributed by atoms with E-state index in [4.69, 9.17) is 4.74 Å². The number of ether oxygens (including phenoxy) is 1. The lowest BCUT2D eigenvalue weighted by Gasteiger charge is -2.28. The molecule has 0 saturated heterocycles. The molecular weight excluding hydrogens is 389 g/mol. The number of carbonyl (C=O) groups excluding carboxylic acids is 1. The molecule has 1 fully saturated rings. The predicted molar refractivity (Wildman–Crippen MR) is 125 cm³/mol. The summed E-state index contributed by atoms with van der Waals surface area (Å²) in [6.07, 6.45) is 9.86. The third-order valence-corrected chi connectivity index (χ3v) is 6.14. The van der Waals surface area contributed by atoms with E-state index in [0.29, 0.717) is 18.3 Å². The second kappa shape index (κ2) is 11.7. The number of benzene rings is 2. The molecule has 0 atom stereocenters. The summed E-state index contributed by atoms with van der Waals surface area (Å²) in [7, 11) is 0. The molecule has 0 aliphatic heterocycles. The number of hydrogen-bond donors (Lipinski definition) is 1. The van der Waals surface area contributed by atoms with Crippen molar-refractivity contribution >= 4 is 5.91 Å². The van der Waals surface area contributed by atoms with Crippen LogP contribution in [0.4, 0.5) is 4.39 Å². The maximum absolute atomic E-state index is 14.6. The summed E-state index contributed by atoms with van der Waals surface area (Å²) in [5, 5.41) is 2.95. The molecule has 1 N–H and O–H groups in total. The normalized spacial score (nSPS) is 18.4. The van der Waals surface area contributed by atoms with E-state index in [-0.39, 0.29) is 17.8 Å². The van der Waals surface area contributed by atoms with Crippen molar-refractivity contribution < 1.29 is 13.9 Å². The fourth-order valence-electron chi connectivity index (χ4n) is 4.18. The van der Waals surface area contributed by atoms with E-state index in [2.05, 4.69) is 43.1 Å². The molecule has 1 amide bonds. The number of amides is 1. The van der Waals surface area contributed by atoms with E-state index < -0.39 is 0 Å². The fourth-order valence-corrected chi connectivity index (χ4v) is 4.18. The fraction of sp³-hybridized carbons (Fsp3) is 0.444. The van der Waals surface area contributed by atoms with E-state index in [9.17, 15) is 9.18 Å². The van der Waals surface area contributed by atoms with Crippen LogP contribution >= 0.6 is 0 Å². The van der Waals surface area contributed by atoms with Crippen LogP contribution in [0.25, 0.3) is 11.1 Å². The van der Waals surface area contributed by atoms with Crippen LogP contribution in [0.3, 0.4) is 0 Å². The maximum atomic E-state index is 14.6. The average Bonchev–Trinajstić information content (AvgIpc) is 2.80. The monoisotopic (exact) mass is 423 g/mol. The van der Waals surface area contributed by atoms with Gasteiger partial charge in [-0.25, -0.2) is 4.39 Å². The van der Waals surface area contributed by atoms with Gasteiger partial charge in [0.25, 0.3) is 0 Å². The summed E-state index contributed by atoms with van der Waals surface area (Å²) in [6.45, 7) is 6.20. The van der Waals surface area contributed by atoms with Crippen molar-refractivity contribution in [2.45, 2.75) is 64.3 Å². The van der Waals surface area contributed by atoms with Crippen LogP contribution in [-0.2, 0) is 11.2 Å². The highest BCUT2D eigenvalue weighted by atomic mass is 19.1. The zero-order valence-corrected chi connectivity index (χ0v) is 18.5. The van der Waals surface area contributed by atoms with Crippen LogP contribution < -0.4 is 10.1 Å². The van der Waals surface area contributed by atoms with Crippen molar-refractivity contribution in [2.24, 2.45) is 5.92 Å². The first-order valence-corrected chi connectivity index (χ1v) is 11.5. The standard InChI is InChI=1S/C27H34FNO2/c1-3-5-6-7-20-8-12-22(13-9-20)23-14-17-26(25(28)18-23)31-19-21-10-15-24(16-11-21)29-27(30)4-2/h4,8-9,12-14,17-18,21,24H,2-3,5-7,10-11,15-16,19H2,1H3,(H,29,30). The minimum absolute atomic E-state index is 0.118. The molecule has 1 saturated carbocycles. The molecule has 4 heteroatoms. The highest BCUT2D eigenvalue weighted by molar-refractivity contribution is 5.87. The number of nitrogens with one attached hydrogen (secondary N) is 1. The highest BCUT2D eigenvalue weighted by Crippen LogP contribution is 2.29. The van der Waals surface area contributed by atoms with Crippen LogP contribution in [0, 0.1) is 11.7 Å². The first-order valence-electron chi connectivity index (χ1n) is 11.5. The Kier molecular flexibility index (Phi) is 8.69. The predicted octanol–water partition coefficient (Wildman–Crippen LogP) is 6.47. The third kappa shape index (κ3) is 6.95. The number of unbranched alkanes of at least 4 members (excludes halogenated alkanes) is 2. The van der Waals surface area contributed by atoms with Gasteiger partial charge in [0.05, 0.1) is 6.61 Å². The summed E-state index contributed by atoms with van der Waals surface area (Å²) >= 11 is 0. The Labute approximate surface area is 185 Å². The van der Waals surface area contributed by atoms with Gasteiger partial charge in [-0.05, 0) is 79.3 Å². The molecule has 0 radical (unpaired) electrons. The number of hydrogen-bond acceptors (Lipinski definition) is 2. The van der Waals surface area contributed by atoms with Gasteiger partial charge in [0.1, 0.15) is 0 Å². The number of halogens is 1. The lowest BCUT2D eigenvalue weighted by molar-refractivity contribution is -0.117. The molecule has 0 unspecified atom stereocenters. The lowest BCUT2D eigenvalue weighted by Crippen LogP contribution is -2.37. The SMILES string of the molecule is C=CC(=O)NC1CCC(COc2ccc(-c3ccc(CCCCC)cc3)cc2F)CC1. The first kappa shape index (κ1) is 23.1. The second-order valence-electron chi connectivity index (χ2n) is 8.54. The molecule has 0 spiro atoms. The number of rotatable bonds is 10. The summed E-state index contributed by atoms with van der Waals surface area (Å²) in [5.41, 5.74) is 3.21. The van der Waals surface area contributed by atoms with Crippen molar-refractivity contribution in [1.29, 1.82) is 0 Å². The van der Waals surface area contributed by atoms with Crippen LogP contribution in [0.2, 0.25) is 0 Å². The van der Waals surface area contributed by atoms with Gasteiger partial charge >= 0.3 is 0 Å². The molecule has 2 aromatic rings. The molecule has 0 bridgehead atoms. The minimum Gasteiger partial charge on any atom is -0.490 e. The van der Waals surface area contributed by atoms with Crippen LogP contribution in [0.5, 0.6) is 5.75 Å². The van der Waals surface area contributed by atoms with E-state index in [1.165, 1.54) is 30.9 Å². The molecule has 1 aliphatic rings. The van der Waals surface area contributed by atoms with Gasteiger partial charge in [-0.3, -0.25) is 4.79 Å². The number of carbonyl (C=O) groups is 1. The molecular formula is C27H34FNO2. The van der Waals surface area contributed by atoms with Gasteiger partial charge in [-0.2, -0.15) is 0 Å². The van der Waals surface area contributed by atoms with Crippen LogP contribution in [0.15, 0.2) is 55.1 Å². The summed E-state index contributed by atoms with van der Waals surface area (Å²) in [5.74, 6) is 0.252. The highest BCUT2D eigenvalue weighted by Gasteiger charge is 2.22. The van der Waals surface area contributed by atoms with Crippen LogP contribution in [0.1, 0.15) is 57.4 Å². The summed E-state index contributed by atoms with van der Waals surface area (Å²) in [6, 6.07) is 13.8. The van der Waals surface area contributed by atoms with E-state index in [0.717, 1.165) is 43.2 Å². The Hall–Kier alpha value is -2.62. The summed E-state index contributed by atoms with van der Waals surface area (Å²) in [4.78, 5) is 11.4. The first-order chi connectivity index (χ1) is 15.1. The molecule has 1 aliphatic carbocycles. The second-order valence-corrected chi connectivity index (χ2v) is 8.54. The van der Waals surface area contributed by atoms with Crippen molar-refractivity contribution in [2.75, 3.05) is 6.61 Å². The topological polar surface area (TPSA) is 38.3 Å². The van der Waals surface area contributed by atoms with Gasteiger partial charge in [0.15, 0.2) is 11.6 Å². The molecule has 2 aromatic carbocycles. The van der Waals surface area contributed by atoms with Crippen molar-refractivity contribution in [3.63, 3.8) is 0 Å². The Morgan fingerprint density at radius 2 is 1.81 bits per heavy atom. The molecule has 3 nitrogen and oxygen atoms in total. The van der Waals surface area contributed by atoms with Crippen molar-refractivity contribution in [3.05, 3.63) is 66.5 Å². The van der Waals surface area contributed by atoms with E-state index in [1.54, 1.807) is 12.1 Å². The number of aryl methyl sites for hydroxylation is 1. The Bertz CT molecular complexity index is 854. The average molecular weight is 424 g/mol. The quantitative estimate of drug-likeness (QED) is 0.351. The largest absolute Gasteiger partial charge is 0.490 e.